The van der Waals surface area contributed by atoms with E-state index in [4.69, 9.17) is 9.47 Å². The zero-order valence-electron chi connectivity index (χ0n) is 12.4. The number of nitrogens with one attached hydrogen (secondary N) is 1. The lowest BCUT2D eigenvalue weighted by molar-refractivity contribution is -0.126. The van der Waals surface area contributed by atoms with Gasteiger partial charge in [0.25, 0.3) is 0 Å². The van der Waals surface area contributed by atoms with Gasteiger partial charge < -0.3 is 14.8 Å². The van der Waals surface area contributed by atoms with Crippen LogP contribution >= 0.6 is 0 Å². The van der Waals surface area contributed by atoms with Gasteiger partial charge in [-0.15, -0.1) is 0 Å². The van der Waals surface area contributed by atoms with Gasteiger partial charge >= 0.3 is 0 Å². The van der Waals surface area contributed by atoms with E-state index in [1.807, 2.05) is 0 Å². The van der Waals surface area contributed by atoms with Crippen LogP contribution < -0.4 is 5.32 Å². The van der Waals surface area contributed by atoms with E-state index in [1.54, 1.807) is 7.11 Å². The summed E-state index contributed by atoms with van der Waals surface area (Å²) in [5.74, 6) is -0.0466. The Labute approximate surface area is 111 Å². The molecule has 1 N–H and O–H groups in total. The summed E-state index contributed by atoms with van der Waals surface area (Å²) in [4.78, 5) is 11.5. The first kappa shape index (κ1) is 17.4. The second-order valence-corrected chi connectivity index (χ2v) is 5.44. The molecule has 0 unspecified atom stereocenters. The second kappa shape index (κ2) is 10.3. The van der Waals surface area contributed by atoms with E-state index in [-0.39, 0.29) is 17.9 Å². The van der Waals surface area contributed by atoms with Crippen molar-refractivity contribution in [3.05, 3.63) is 0 Å². The molecule has 0 aliphatic heterocycles. The molecule has 0 atom stereocenters. The quantitative estimate of drug-likeness (QED) is 0.579. The number of rotatable bonds is 11. The van der Waals surface area contributed by atoms with Crippen LogP contribution in [0.25, 0.3) is 0 Å². The SMILES string of the molecule is CCCCCC(C)(C)CNC(=O)COCCOC. The molecule has 1 amide bonds. The highest BCUT2D eigenvalue weighted by atomic mass is 16.5. The molecule has 0 rings (SSSR count). The van der Waals surface area contributed by atoms with Crippen molar-refractivity contribution < 1.29 is 14.3 Å². The summed E-state index contributed by atoms with van der Waals surface area (Å²) >= 11 is 0. The van der Waals surface area contributed by atoms with Crippen LogP contribution in [-0.2, 0) is 14.3 Å². The molecular weight excluding hydrogens is 230 g/mol. The Balaban J connectivity index is 3.62. The summed E-state index contributed by atoms with van der Waals surface area (Å²) in [5, 5.41) is 2.92. The Bertz CT molecular complexity index is 217. The highest BCUT2D eigenvalue weighted by molar-refractivity contribution is 5.77. The number of unbranched alkanes of at least 4 members (excludes halogenated alkanes) is 2. The molecule has 0 aliphatic carbocycles. The monoisotopic (exact) mass is 259 g/mol. The third kappa shape index (κ3) is 10.5. The van der Waals surface area contributed by atoms with Crippen LogP contribution in [0.5, 0.6) is 0 Å². The zero-order chi connectivity index (χ0) is 13.9. The maximum absolute atomic E-state index is 11.5. The molecule has 0 aliphatic rings. The van der Waals surface area contributed by atoms with E-state index in [2.05, 4.69) is 26.1 Å². The highest BCUT2D eigenvalue weighted by Gasteiger charge is 2.18. The summed E-state index contributed by atoms with van der Waals surface area (Å²) in [6.45, 7) is 8.40. The van der Waals surface area contributed by atoms with Crippen molar-refractivity contribution in [2.75, 3.05) is 33.5 Å². The summed E-state index contributed by atoms with van der Waals surface area (Å²) in [6, 6.07) is 0. The van der Waals surface area contributed by atoms with Crippen LogP contribution in [0.4, 0.5) is 0 Å². The second-order valence-electron chi connectivity index (χ2n) is 5.44. The van der Waals surface area contributed by atoms with Crippen molar-refractivity contribution in [1.29, 1.82) is 0 Å². The Morgan fingerprint density at radius 1 is 1.22 bits per heavy atom. The van der Waals surface area contributed by atoms with Crippen molar-refractivity contribution in [3.8, 4) is 0 Å². The largest absolute Gasteiger partial charge is 0.382 e. The molecule has 0 radical (unpaired) electrons. The van der Waals surface area contributed by atoms with Gasteiger partial charge in [-0.05, 0) is 11.8 Å². The van der Waals surface area contributed by atoms with E-state index in [9.17, 15) is 4.79 Å². The molecule has 0 saturated heterocycles. The first-order valence-corrected chi connectivity index (χ1v) is 6.85. The lowest BCUT2D eigenvalue weighted by Crippen LogP contribution is -2.36. The van der Waals surface area contributed by atoms with E-state index < -0.39 is 0 Å². The minimum Gasteiger partial charge on any atom is -0.382 e. The predicted molar refractivity (Wildman–Crippen MR) is 73.6 cm³/mol. The van der Waals surface area contributed by atoms with Crippen molar-refractivity contribution in [3.63, 3.8) is 0 Å². The summed E-state index contributed by atoms with van der Waals surface area (Å²) in [5.41, 5.74) is 0.164. The number of hydrogen-bond acceptors (Lipinski definition) is 3. The van der Waals surface area contributed by atoms with Gasteiger partial charge in [-0.1, -0.05) is 40.0 Å². The fraction of sp³-hybridized carbons (Fsp3) is 0.929. The lowest BCUT2D eigenvalue weighted by Gasteiger charge is -2.24. The number of hydrogen-bond donors (Lipinski definition) is 1. The fourth-order valence-electron chi connectivity index (χ4n) is 1.64. The average molecular weight is 259 g/mol. The van der Waals surface area contributed by atoms with Gasteiger partial charge in [-0.3, -0.25) is 4.79 Å². The number of methoxy groups -OCH3 is 1. The molecule has 0 saturated carbocycles. The van der Waals surface area contributed by atoms with Crippen molar-refractivity contribution in [2.45, 2.75) is 46.5 Å². The maximum Gasteiger partial charge on any atom is 0.246 e. The van der Waals surface area contributed by atoms with Gasteiger partial charge in [0.2, 0.25) is 5.91 Å². The maximum atomic E-state index is 11.5. The molecule has 108 valence electrons. The van der Waals surface area contributed by atoms with Crippen LogP contribution in [-0.4, -0.2) is 39.4 Å². The van der Waals surface area contributed by atoms with Gasteiger partial charge in [-0.25, -0.2) is 0 Å². The zero-order valence-corrected chi connectivity index (χ0v) is 12.4. The number of amides is 1. The van der Waals surface area contributed by atoms with Gasteiger partial charge in [0.15, 0.2) is 0 Å². The minimum atomic E-state index is -0.0466. The number of ether oxygens (including phenoxy) is 2. The smallest absolute Gasteiger partial charge is 0.246 e. The number of carbonyl (C=O) groups is 1. The van der Waals surface area contributed by atoms with Gasteiger partial charge in [0.05, 0.1) is 13.2 Å². The molecule has 0 heterocycles. The topological polar surface area (TPSA) is 47.6 Å². The first-order valence-electron chi connectivity index (χ1n) is 6.85. The normalized spacial score (nSPS) is 11.6. The van der Waals surface area contributed by atoms with E-state index >= 15 is 0 Å². The molecule has 4 heteroatoms. The Kier molecular flexibility index (Phi) is 9.98. The average Bonchev–Trinajstić information content (AvgIpc) is 2.32. The van der Waals surface area contributed by atoms with Crippen molar-refractivity contribution in [1.82, 2.24) is 5.32 Å². The standard InChI is InChI=1S/C14H29NO3/c1-5-6-7-8-14(2,3)12-15-13(16)11-18-10-9-17-4/h5-12H2,1-4H3,(H,15,16). The number of carbonyl (C=O) groups excluding carboxylic acids is 1. The third-order valence-corrected chi connectivity index (χ3v) is 2.89. The Morgan fingerprint density at radius 2 is 1.94 bits per heavy atom. The van der Waals surface area contributed by atoms with Crippen LogP contribution in [0.15, 0.2) is 0 Å². The molecule has 18 heavy (non-hydrogen) atoms. The molecule has 0 aromatic heterocycles. The molecule has 4 nitrogen and oxygen atoms in total. The Morgan fingerprint density at radius 3 is 2.56 bits per heavy atom. The van der Waals surface area contributed by atoms with E-state index in [1.165, 1.54) is 19.3 Å². The molecule has 0 aromatic rings. The van der Waals surface area contributed by atoms with Crippen LogP contribution in [0.3, 0.4) is 0 Å². The molecule has 0 fully saturated rings. The van der Waals surface area contributed by atoms with Crippen LogP contribution in [0.1, 0.15) is 46.5 Å². The third-order valence-electron chi connectivity index (χ3n) is 2.89. The molecular formula is C14H29NO3. The molecule has 0 bridgehead atoms. The lowest BCUT2D eigenvalue weighted by atomic mass is 9.87. The summed E-state index contributed by atoms with van der Waals surface area (Å²) in [7, 11) is 1.61. The highest BCUT2D eigenvalue weighted by Crippen LogP contribution is 2.22. The van der Waals surface area contributed by atoms with Crippen molar-refractivity contribution in [2.24, 2.45) is 5.41 Å². The van der Waals surface area contributed by atoms with Crippen LogP contribution in [0, 0.1) is 5.41 Å². The molecule has 0 spiro atoms. The van der Waals surface area contributed by atoms with Gasteiger partial charge in [0.1, 0.15) is 6.61 Å². The summed E-state index contributed by atoms with van der Waals surface area (Å²) in [6.07, 6.45) is 4.86. The Hall–Kier alpha value is -0.610. The van der Waals surface area contributed by atoms with E-state index in [0.717, 1.165) is 6.42 Å². The van der Waals surface area contributed by atoms with Gasteiger partial charge in [0, 0.05) is 13.7 Å². The van der Waals surface area contributed by atoms with Gasteiger partial charge in [-0.2, -0.15) is 0 Å². The minimum absolute atomic E-state index is 0.0466. The van der Waals surface area contributed by atoms with Crippen LogP contribution in [0.2, 0.25) is 0 Å². The van der Waals surface area contributed by atoms with Crippen molar-refractivity contribution >= 4 is 5.91 Å². The summed E-state index contributed by atoms with van der Waals surface area (Å²) < 4.78 is 10.00. The predicted octanol–water partition coefficient (Wildman–Crippen LogP) is 2.37. The fourth-order valence-corrected chi connectivity index (χ4v) is 1.64. The first-order chi connectivity index (χ1) is 8.52. The van der Waals surface area contributed by atoms with E-state index in [0.29, 0.717) is 19.8 Å². The molecule has 0 aromatic carbocycles.